The summed E-state index contributed by atoms with van der Waals surface area (Å²) in [5.74, 6) is 0. The van der Waals surface area contributed by atoms with Crippen LogP contribution in [0.5, 0.6) is 0 Å². The largest absolute Gasteiger partial charge is 0.312 e. The number of nitrogens with one attached hydrogen (secondary N) is 1. The molecular weight excluding hydrogens is 216 g/mol. The molecule has 1 aromatic rings. The minimum Gasteiger partial charge on any atom is -0.312 e. The van der Waals surface area contributed by atoms with Gasteiger partial charge in [-0.1, -0.05) is 13.8 Å². The number of aryl methyl sites for hydroxylation is 1. The van der Waals surface area contributed by atoms with Gasteiger partial charge >= 0.3 is 0 Å². The van der Waals surface area contributed by atoms with E-state index >= 15 is 0 Å². The van der Waals surface area contributed by atoms with E-state index in [1.165, 1.54) is 28.3 Å². The lowest BCUT2D eigenvalue weighted by atomic mass is 10.2. The highest BCUT2D eigenvalue weighted by molar-refractivity contribution is 7.12. The Morgan fingerprint density at radius 2 is 2.12 bits per heavy atom. The van der Waals surface area contributed by atoms with Gasteiger partial charge < -0.3 is 10.2 Å². The molecule has 0 unspecified atom stereocenters. The van der Waals surface area contributed by atoms with Crippen LogP contribution in [0.15, 0.2) is 6.07 Å². The quantitative estimate of drug-likeness (QED) is 0.788. The molecule has 0 spiro atoms. The van der Waals surface area contributed by atoms with Crippen molar-refractivity contribution < 1.29 is 0 Å². The van der Waals surface area contributed by atoms with Crippen molar-refractivity contribution in [2.45, 2.75) is 40.3 Å². The minimum absolute atomic E-state index is 1.01. The van der Waals surface area contributed by atoms with Crippen molar-refractivity contribution >= 4 is 11.3 Å². The predicted molar refractivity (Wildman–Crippen MR) is 73.1 cm³/mol. The summed E-state index contributed by atoms with van der Waals surface area (Å²) in [5, 5.41) is 3.38. The Hall–Kier alpha value is -0.380. The van der Waals surface area contributed by atoms with Crippen molar-refractivity contribution in [1.29, 1.82) is 0 Å². The molecule has 1 N–H and O–H groups in total. The normalized spacial score (nSPS) is 11.3. The zero-order valence-electron chi connectivity index (χ0n) is 11.0. The minimum atomic E-state index is 1.01. The van der Waals surface area contributed by atoms with Gasteiger partial charge in [0.1, 0.15) is 0 Å². The van der Waals surface area contributed by atoms with Crippen LogP contribution in [-0.4, -0.2) is 25.0 Å². The third-order valence-electron chi connectivity index (χ3n) is 2.67. The Kier molecular flexibility index (Phi) is 6.03. The lowest BCUT2D eigenvalue weighted by Gasteiger charge is -2.14. The summed E-state index contributed by atoms with van der Waals surface area (Å²) >= 11 is 1.93. The fourth-order valence-corrected chi connectivity index (χ4v) is 2.85. The highest BCUT2D eigenvalue weighted by Crippen LogP contribution is 2.22. The summed E-state index contributed by atoms with van der Waals surface area (Å²) in [6, 6.07) is 2.36. The van der Waals surface area contributed by atoms with E-state index in [4.69, 9.17) is 0 Å². The molecule has 0 radical (unpaired) electrons. The van der Waals surface area contributed by atoms with Crippen molar-refractivity contribution in [3.8, 4) is 0 Å². The Morgan fingerprint density at radius 3 is 2.75 bits per heavy atom. The molecule has 92 valence electrons. The molecule has 0 fully saturated rings. The van der Waals surface area contributed by atoms with E-state index in [9.17, 15) is 0 Å². The molecule has 0 aliphatic carbocycles. The molecule has 1 aromatic heterocycles. The van der Waals surface area contributed by atoms with Crippen molar-refractivity contribution in [3.63, 3.8) is 0 Å². The van der Waals surface area contributed by atoms with Gasteiger partial charge in [-0.3, -0.25) is 0 Å². The van der Waals surface area contributed by atoms with Crippen LogP contribution in [0.1, 0.15) is 35.6 Å². The Labute approximate surface area is 104 Å². The fraction of sp³-hybridized carbons (Fsp3) is 0.692. The first-order chi connectivity index (χ1) is 7.67. The van der Waals surface area contributed by atoms with Crippen molar-refractivity contribution in [2.24, 2.45) is 0 Å². The molecule has 0 atom stereocenters. The average Bonchev–Trinajstić information content (AvgIpc) is 2.57. The molecule has 1 rings (SSSR count). The van der Waals surface area contributed by atoms with Crippen LogP contribution in [0, 0.1) is 6.92 Å². The monoisotopic (exact) mass is 240 g/mol. The molecule has 0 aliphatic heterocycles. The molecule has 0 bridgehead atoms. The van der Waals surface area contributed by atoms with Crippen molar-refractivity contribution in [2.75, 3.05) is 20.1 Å². The first-order valence-electron chi connectivity index (χ1n) is 6.14. The van der Waals surface area contributed by atoms with Crippen LogP contribution in [0.3, 0.4) is 0 Å². The Bertz CT molecular complexity index is 307. The smallest absolute Gasteiger partial charge is 0.0299 e. The molecule has 1 heterocycles. The average molecular weight is 240 g/mol. The number of hydrogen-bond donors (Lipinski definition) is 1. The number of nitrogens with zero attached hydrogens (tertiary/aromatic N) is 1. The van der Waals surface area contributed by atoms with Crippen molar-refractivity contribution in [3.05, 3.63) is 21.4 Å². The molecule has 0 saturated heterocycles. The number of rotatable bonds is 7. The van der Waals surface area contributed by atoms with E-state index in [-0.39, 0.29) is 0 Å². The lowest BCUT2D eigenvalue weighted by Crippen LogP contribution is -2.18. The second kappa shape index (κ2) is 7.05. The number of thiophene rings is 1. The van der Waals surface area contributed by atoms with Gasteiger partial charge in [0.15, 0.2) is 0 Å². The summed E-state index contributed by atoms with van der Waals surface area (Å²) in [7, 11) is 2.20. The van der Waals surface area contributed by atoms with E-state index in [1.54, 1.807) is 0 Å². The van der Waals surface area contributed by atoms with Crippen LogP contribution >= 0.6 is 11.3 Å². The van der Waals surface area contributed by atoms with Gasteiger partial charge in [0.25, 0.3) is 0 Å². The summed E-state index contributed by atoms with van der Waals surface area (Å²) in [6.07, 6.45) is 1.23. The predicted octanol–water partition coefficient (Wildman–Crippen LogP) is 3.01. The zero-order valence-corrected chi connectivity index (χ0v) is 11.8. The van der Waals surface area contributed by atoms with E-state index in [1.807, 2.05) is 11.3 Å². The third kappa shape index (κ3) is 4.24. The third-order valence-corrected chi connectivity index (χ3v) is 3.76. The molecule has 3 heteroatoms. The Balaban J connectivity index is 2.55. The SMILES string of the molecule is CCCN(C)Cc1cc(CNCC)sc1C. The van der Waals surface area contributed by atoms with Gasteiger partial charge in [-0.25, -0.2) is 0 Å². The summed E-state index contributed by atoms with van der Waals surface area (Å²) in [5.41, 5.74) is 1.49. The van der Waals surface area contributed by atoms with Crippen LogP contribution in [-0.2, 0) is 13.1 Å². The lowest BCUT2D eigenvalue weighted by molar-refractivity contribution is 0.327. The molecule has 16 heavy (non-hydrogen) atoms. The summed E-state index contributed by atoms with van der Waals surface area (Å²) in [6.45, 7) is 10.9. The summed E-state index contributed by atoms with van der Waals surface area (Å²) in [4.78, 5) is 5.32. The van der Waals surface area contributed by atoms with Gasteiger partial charge in [0, 0.05) is 22.8 Å². The first-order valence-corrected chi connectivity index (χ1v) is 6.96. The molecule has 0 amide bonds. The van der Waals surface area contributed by atoms with Crippen LogP contribution < -0.4 is 5.32 Å². The van der Waals surface area contributed by atoms with E-state index in [0.717, 1.165) is 19.6 Å². The molecule has 2 nitrogen and oxygen atoms in total. The van der Waals surface area contributed by atoms with Gasteiger partial charge in [-0.15, -0.1) is 11.3 Å². The highest BCUT2D eigenvalue weighted by atomic mass is 32.1. The second-order valence-electron chi connectivity index (χ2n) is 4.31. The maximum Gasteiger partial charge on any atom is 0.0299 e. The molecule has 0 aromatic carbocycles. The number of hydrogen-bond acceptors (Lipinski definition) is 3. The van der Waals surface area contributed by atoms with E-state index in [2.05, 4.69) is 44.1 Å². The zero-order chi connectivity index (χ0) is 12.0. The maximum absolute atomic E-state index is 3.38. The maximum atomic E-state index is 3.38. The topological polar surface area (TPSA) is 15.3 Å². The van der Waals surface area contributed by atoms with Gasteiger partial charge in [-0.2, -0.15) is 0 Å². The van der Waals surface area contributed by atoms with E-state index in [0.29, 0.717) is 0 Å². The summed E-state index contributed by atoms with van der Waals surface area (Å²) < 4.78 is 0. The van der Waals surface area contributed by atoms with Crippen LogP contribution in [0.25, 0.3) is 0 Å². The van der Waals surface area contributed by atoms with Crippen molar-refractivity contribution in [1.82, 2.24) is 10.2 Å². The molecular formula is C13H24N2S. The van der Waals surface area contributed by atoms with Gasteiger partial charge in [0.05, 0.1) is 0 Å². The van der Waals surface area contributed by atoms with E-state index < -0.39 is 0 Å². The highest BCUT2D eigenvalue weighted by Gasteiger charge is 2.07. The van der Waals surface area contributed by atoms with Gasteiger partial charge in [0.2, 0.25) is 0 Å². The van der Waals surface area contributed by atoms with Crippen LogP contribution in [0.4, 0.5) is 0 Å². The first kappa shape index (κ1) is 13.7. The molecule has 0 aliphatic rings. The Morgan fingerprint density at radius 1 is 1.38 bits per heavy atom. The molecule has 0 saturated carbocycles. The van der Waals surface area contributed by atoms with Gasteiger partial charge in [-0.05, 0) is 45.1 Å². The standard InChI is InChI=1S/C13H24N2S/c1-5-7-15(4)10-12-8-13(9-14-6-2)16-11(12)3/h8,14H,5-7,9-10H2,1-4H3. The van der Waals surface area contributed by atoms with Crippen LogP contribution in [0.2, 0.25) is 0 Å². The second-order valence-corrected chi connectivity index (χ2v) is 5.65. The fourth-order valence-electron chi connectivity index (χ4n) is 1.83.